The Balaban J connectivity index is 2.04. The summed E-state index contributed by atoms with van der Waals surface area (Å²) in [7, 11) is 0. The third-order valence-electron chi connectivity index (χ3n) is 4.23. The lowest BCUT2D eigenvalue weighted by Gasteiger charge is -2.30. The van der Waals surface area contributed by atoms with Crippen molar-refractivity contribution in [2.75, 3.05) is 13.1 Å². The number of hydrogen-bond donors (Lipinski definition) is 0. The van der Waals surface area contributed by atoms with E-state index in [9.17, 15) is 4.79 Å². The number of nitrogens with zero attached hydrogens (tertiary/aromatic N) is 3. The Bertz CT molecular complexity index is 476. The molecule has 1 aliphatic heterocycles. The number of carbonyl (C=O) groups is 1. The SMILES string of the molecule is CCc1nn(CC)c(CN2CCC(C(C)=O)CC2)c1Br. The fourth-order valence-electron chi connectivity index (χ4n) is 2.88. The van der Waals surface area contributed by atoms with Crippen molar-refractivity contribution in [2.45, 2.75) is 53.1 Å². The summed E-state index contributed by atoms with van der Waals surface area (Å²) in [5.41, 5.74) is 2.41. The molecule has 1 saturated heterocycles. The molecule has 0 N–H and O–H groups in total. The number of aryl methyl sites for hydroxylation is 2. The first-order valence-corrected chi connectivity index (χ1v) is 8.32. The topological polar surface area (TPSA) is 38.1 Å². The maximum atomic E-state index is 11.4. The van der Waals surface area contributed by atoms with Gasteiger partial charge in [0, 0.05) is 19.0 Å². The summed E-state index contributed by atoms with van der Waals surface area (Å²) >= 11 is 3.70. The highest BCUT2D eigenvalue weighted by atomic mass is 79.9. The zero-order valence-corrected chi connectivity index (χ0v) is 14.2. The molecule has 1 fully saturated rings. The summed E-state index contributed by atoms with van der Waals surface area (Å²) in [4.78, 5) is 13.9. The van der Waals surface area contributed by atoms with E-state index in [1.807, 2.05) is 0 Å². The Hall–Kier alpha value is -0.680. The average Bonchev–Trinajstić information content (AvgIpc) is 2.76. The second-order valence-electron chi connectivity index (χ2n) is 5.54. The number of piperidine rings is 1. The molecule has 20 heavy (non-hydrogen) atoms. The van der Waals surface area contributed by atoms with Gasteiger partial charge in [0.05, 0.1) is 15.9 Å². The van der Waals surface area contributed by atoms with Crippen LogP contribution in [0.1, 0.15) is 45.0 Å². The number of likely N-dealkylation sites (tertiary alicyclic amines) is 1. The molecule has 0 amide bonds. The van der Waals surface area contributed by atoms with Crippen molar-refractivity contribution in [1.82, 2.24) is 14.7 Å². The molecule has 0 atom stereocenters. The zero-order chi connectivity index (χ0) is 14.7. The summed E-state index contributed by atoms with van der Waals surface area (Å²) in [5, 5.41) is 4.64. The normalized spacial score (nSPS) is 17.6. The van der Waals surface area contributed by atoms with Crippen molar-refractivity contribution in [3.63, 3.8) is 0 Å². The van der Waals surface area contributed by atoms with Crippen LogP contribution in [0, 0.1) is 5.92 Å². The second-order valence-corrected chi connectivity index (χ2v) is 6.33. The van der Waals surface area contributed by atoms with Crippen molar-refractivity contribution in [1.29, 1.82) is 0 Å². The van der Waals surface area contributed by atoms with Gasteiger partial charge in [-0.3, -0.25) is 14.4 Å². The zero-order valence-electron chi connectivity index (χ0n) is 12.7. The van der Waals surface area contributed by atoms with Gasteiger partial charge in [-0.25, -0.2) is 0 Å². The summed E-state index contributed by atoms with van der Waals surface area (Å²) < 4.78 is 3.26. The van der Waals surface area contributed by atoms with Crippen LogP contribution >= 0.6 is 15.9 Å². The van der Waals surface area contributed by atoms with Crippen molar-refractivity contribution in [3.8, 4) is 0 Å². The van der Waals surface area contributed by atoms with Gasteiger partial charge in [0.15, 0.2) is 0 Å². The van der Waals surface area contributed by atoms with Crippen molar-refractivity contribution in [2.24, 2.45) is 5.92 Å². The Morgan fingerprint density at radius 1 is 1.35 bits per heavy atom. The molecule has 1 aromatic rings. The summed E-state index contributed by atoms with van der Waals surface area (Å²) in [6.45, 7) is 9.82. The largest absolute Gasteiger partial charge is 0.300 e. The van der Waals surface area contributed by atoms with Crippen LogP contribution in [0.4, 0.5) is 0 Å². The highest BCUT2D eigenvalue weighted by molar-refractivity contribution is 9.10. The average molecular weight is 342 g/mol. The van der Waals surface area contributed by atoms with Crippen molar-refractivity contribution in [3.05, 3.63) is 15.9 Å². The van der Waals surface area contributed by atoms with E-state index in [4.69, 9.17) is 0 Å². The van der Waals surface area contributed by atoms with E-state index in [0.29, 0.717) is 5.78 Å². The molecule has 112 valence electrons. The summed E-state index contributed by atoms with van der Waals surface area (Å²) in [6.07, 6.45) is 2.94. The summed E-state index contributed by atoms with van der Waals surface area (Å²) in [6, 6.07) is 0. The van der Waals surface area contributed by atoms with Gasteiger partial charge in [-0.2, -0.15) is 5.10 Å². The molecule has 5 heteroatoms. The monoisotopic (exact) mass is 341 g/mol. The van der Waals surface area contributed by atoms with E-state index < -0.39 is 0 Å². The predicted molar refractivity (Wildman–Crippen MR) is 83.7 cm³/mol. The molecule has 4 nitrogen and oxygen atoms in total. The maximum Gasteiger partial charge on any atom is 0.133 e. The van der Waals surface area contributed by atoms with Gasteiger partial charge in [-0.1, -0.05) is 6.92 Å². The lowest BCUT2D eigenvalue weighted by atomic mass is 9.93. The van der Waals surface area contributed by atoms with Crippen LogP contribution < -0.4 is 0 Å². The van der Waals surface area contributed by atoms with Gasteiger partial charge in [0.2, 0.25) is 0 Å². The van der Waals surface area contributed by atoms with E-state index in [2.05, 4.69) is 44.5 Å². The number of ketones is 1. The molecule has 1 aliphatic rings. The minimum absolute atomic E-state index is 0.275. The van der Waals surface area contributed by atoms with E-state index in [0.717, 1.165) is 55.6 Å². The molecule has 2 rings (SSSR count). The predicted octanol–water partition coefficient (Wildman–Crippen LogP) is 3.03. The van der Waals surface area contributed by atoms with Gasteiger partial charge in [-0.15, -0.1) is 0 Å². The van der Waals surface area contributed by atoms with Crippen molar-refractivity contribution >= 4 is 21.7 Å². The molecule has 1 aromatic heterocycles. The van der Waals surface area contributed by atoms with E-state index in [1.165, 1.54) is 5.69 Å². The first kappa shape index (κ1) is 15.7. The van der Waals surface area contributed by atoms with Gasteiger partial charge < -0.3 is 0 Å². The minimum Gasteiger partial charge on any atom is -0.300 e. The molecule has 0 radical (unpaired) electrons. The molecule has 0 unspecified atom stereocenters. The van der Waals surface area contributed by atoms with Crippen molar-refractivity contribution < 1.29 is 4.79 Å². The van der Waals surface area contributed by atoms with Crippen LogP contribution in [0.2, 0.25) is 0 Å². The molecular weight excluding hydrogens is 318 g/mol. The first-order valence-electron chi connectivity index (χ1n) is 7.53. The van der Waals surface area contributed by atoms with Crippen LogP contribution in [0.3, 0.4) is 0 Å². The first-order chi connectivity index (χ1) is 9.56. The number of rotatable bonds is 5. The Morgan fingerprint density at radius 3 is 2.50 bits per heavy atom. The third-order valence-corrected chi connectivity index (χ3v) is 5.15. The summed E-state index contributed by atoms with van der Waals surface area (Å²) in [5.74, 6) is 0.620. The molecule has 0 aromatic carbocycles. The van der Waals surface area contributed by atoms with E-state index in [1.54, 1.807) is 6.92 Å². The van der Waals surface area contributed by atoms with Gasteiger partial charge in [-0.05, 0) is 62.1 Å². The van der Waals surface area contributed by atoms with E-state index >= 15 is 0 Å². The fourth-order valence-corrected chi connectivity index (χ4v) is 3.57. The standard InChI is InChI=1S/C15H24BrN3O/c1-4-13-15(16)14(19(5-2)17-13)10-18-8-6-12(7-9-18)11(3)20/h12H,4-10H2,1-3H3. The van der Waals surface area contributed by atoms with E-state index in [-0.39, 0.29) is 5.92 Å². The molecule has 0 spiro atoms. The smallest absolute Gasteiger partial charge is 0.133 e. The molecule has 2 heterocycles. The fraction of sp³-hybridized carbons (Fsp3) is 0.733. The van der Waals surface area contributed by atoms with Crippen LogP contribution in [0.25, 0.3) is 0 Å². The lowest BCUT2D eigenvalue weighted by Crippen LogP contribution is -2.35. The quantitative estimate of drug-likeness (QED) is 0.826. The molecule has 0 bridgehead atoms. The molecule has 0 aliphatic carbocycles. The molecular formula is C15H24BrN3O. The van der Waals surface area contributed by atoms with Gasteiger partial charge in [0.25, 0.3) is 0 Å². The van der Waals surface area contributed by atoms with Crippen LogP contribution in [0.5, 0.6) is 0 Å². The number of hydrogen-bond acceptors (Lipinski definition) is 3. The molecule has 0 saturated carbocycles. The Kier molecular flexibility index (Phi) is 5.38. The Morgan fingerprint density at radius 2 is 2.00 bits per heavy atom. The maximum absolute atomic E-state index is 11.4. The Labute approximate surface area is 129 Å². The third kappa shape index (κ3) is 3.31. The van der Waals surface area contributed by atoms with Gasteiger partial charge >= 0.3 is 0 Å². The van der Waals surface area contributed by atoms with Crippen LogP contribution in [-0.4, -0.2) is 33.6 Å². The number of aromatic nitrogens is 2. The second kappa shape index (κ2) is 6.85. The van der Waals surface area contributed by atoms with Crippen LogP contribution in [-0.2, 0) is 24.3 Å². The van der Waals surface area contributed by atoms with Crippen LogP contribution in [0.15, 0.2) is 4.47 Å². The lowest BCUT2D eigenvalue weighted by molar-refractivity contribution is -0.122. The highest BCUT2D eigenvalue weighted by Crippen LogP contribution is 2.26. The van der Waals surface area contributed by atoms with Gasteiger partial charge in [0.1, 0.15) is 5.78 Å². The number of carbonyl (C=O) groups excluding carboxylic acids is 1. The number of halogens is 1. The minimum atomic E-state index is 0.275. The number of Topliss-reactive ketones (excluding diaryl/α,β-unsaturated/α-hetero) is 1. The highest BCUT2D eigenvalue weighted by Gasteiger charge is 2.24.